The van der Waals surface area contributed by atoms with Crippen LogP contribution < -0.4 is 10.2 Å². The lowest BCUT2D eigenvalue weighted by atomic mass is 9.92. The average molecular weight is 371 g/mol. The Morgan fingerprint density at radius 2 is 1.56 bits per heavy atom. The van der Waals surface area contributed by atoms with E-state index >= 15 is 0 Å². The van der Waals surface area contributed by atoms with Crippen LogP contribution in [0.1, 0.15) is 44.1 Å². The summed E-state index contributed by atoms with van der Waals surface area (Å²) < 4.78 is 0. The molecule has 27 heavy (non-hydrogen) atoms. The Morgan fingerprint density at radius 1 is 0.926 bits per heavy atom. The highest BCUT2D eigenvalue weighted by Gasteiger charge is 2.40. The van der Waals surface area contributed by atoms with Crippen molar-refractivity contribution in [3.05, 3.63) is 29.8 Å². The van der Waals surface area contributed by atoms with E-state index in [9.17, 15) is 0 Å². The number of likely N-dealkylation sites (N-methyl/N-ethyl adjacent to an activating group) is 1. The van der Waals surface area contributed by atoms with Crippen LogP contribution in [0.15, 0.2) is 24.3 Å². The second kappa shape index (κ2) is 8.50. The first-order chi connectivity index (χ1) is 13.1. The molecule has 2 saturated heterocycles. The number of piperazine rings is 1. The number of hydrogen-bond donors (Lipinski definition) is 1. The molecule has 0 aromatic heterocycles. The maximum Gasteiger partial charge on any atom is 0.0366 e. The molecule has 3 aliphatic rings. The van der Waals surface area contributed by atoms with Crippen LogP contribution in [-0.4, -0.2) is 74.2 Å². The summed E-state index contributed by atoms with van der Waals surface area (Å²) in [5.41, 5.74) is 3.18. The zero-order valence-electron chi connectivity index (χ0n) is 17.4. The topological polar surface area (TPSA) is 21.8 Å². The van der Waals surface area contributed by atoms with Crippen LogP contribution in [0.2, 0.25) is 0 Å². The molecule has 1 aliphatic carbocycles. The van der Waals surface area contributed by atoms with Gasteiger partial charge in [0.15, 0.2) is 0 Å². The van der Waals surface area contributed by atoms with E-state index in [-0.39, 0.29) is 0 Å². The minimum Gasteiger partial charge on any atom is -0.371 e. The van der Waals surface area contributed by atoms with Crippen molar-refractivity contribution in [3.63, 3.8) is 0 Å². The molecule has 4 rings (SSSR count). The largest absolute Gasteiger partial charge is 0.371 e. The Balaban J connectivity index is 1.28. The van der Waals surface area contributed by atoms with E-state index in [4.69, 9.17) is 0 Å². The Hall–Kier alpha value is -1.10. The van der Waals surface area contributed by atoms with E-state index < -0.39 is 0 Å². The Bertz CT molecular complexity index is 577. The van der Waals surface area contributed by atoms with Gasteiger partial charge in [-0.1, -0.05) is 30.5 Å². The van der Waals surface area contributed by atoms with Crippen molar-refractivity contribution in [1.82, 2.24) is 15.1 Å². The molecule has 0 bridgehead atoms. The zero-order valence-corrected chi connectivity index (χ0v) is 17.4. The third-order valence-electron chi connectivity index (χ3n) is 7.32. The second-order valence-electron chi connectivity index (χ2n) is 9.20. The summed E-state index contributed by atoms with van der Waals surface area (Å²) in [6.45, 7) is 10.7. The van der Waals surface area contributed by atoms with E-state index in [0.717, 1.165) is 0 Å². The molecule has 2 heterocycles. The van der Waals surface area contributed by atoms with Crippen LogP contribution in [0.25, 0.3) is 0 Å². The predicted octanol–water partition coefficient (Wildman–Crippen LogP) is 3.11. The van der Waals surface area contributed by atoms with Gasteiger partial charge in [0.05, 0.1) is 0 Å². The number of hydrogen-bond acceptors (Lipinski definition) is 4. The summed E-state index contributed by atoms with van der Waals surface area (Å²) >= 11 is 0. The maximum absolute atomic E-state index is 4.01. The summed E-state index contributed by atoms with van der Waals surface area (Å²) in [5, 5.41) is 4.01. The van der Waals surface area contributed by atoms with Gasteiger partial charge in [0.2, 0.25) is 0 Å². The fourth-order valence-corrected chi connectivity index (χ4v) is 5.35. The number of anilines is 1. The number of nitrogens with zero attached hydrogens (tertiary/aromatic N) is 3. The molecule has 0 amide bonds. The number of piperidine rings is 1. The van der Waals surface area contributed by atoms with Crippen molar-refractivity contribution in [2.24, 2.45) is 0 Å². The summed E-state index contributed by atoms with van der Waals surface area (Å²) in [6.07, 6.45) is 8.16. The normalized spacial score (nSPS) is 25.2. The highest BCUT2D eigenvalue weighted by molar-refractivity contribution is 5.47. The van der Waals surface area contributed by atoms with E-state index in [1.165, 1.54) is 95.6 Å². The quantitative estimate of drug-likeness (QED) is 0.860. The predicted molar refractivity (Wildman–Crippen MR) is 115 cm³/mol. The average Bonchev–Trinajstić information content (AvgIpc) is 3.18. The lowest BCUT2D eigenvalue weighted by Crippen LogP contribution is -2.60. The third kappa shape index (κ3) is 4.49. The standard InChI is InChI=1S/C23H38N4/c1-20-5-7-22(8-6-20)26-13-9-21(10-14-26)24-19-23(11-3-4-12-23)27-17-15-25(2)16-18-27/h5-8,21,24H,3-4,9-19H2,1-2H3. The molecular weight excluding hydrogens is 332 g/mol. The van der Waals surface area contributed by atoms with Gasteiger partial charge in [-0.2, -0.15) is 0 Å². The first-order valence-corrected chi connectivity index (χ1v) is 11.1. The van der Waals surface area contributed by atoms with Gasteiger partial charge in [-0.25, -0.2) is 0 Å². The second-order valence-corrected chi connectivity index (χ2v) is 9.20. The zero-order chi connectivity index (χ0) is 18.7. The van der Waals surface area contributed by atoms with E-state index in [2.05, 4.69) is 58.3 Å². The lowest BCUT2D eigenvalue weighted by molar-refractivity contribution is 0.0404. The van der Waals surface area contributed by atoms with Crippen LogP contribution >= 0.6 is 0 Å². The van der Waals surface area contributed by atoms with Crippen molar-refractivity contribution in [2.75, 3.05) is 57.8 Å². The Labute approximate surface area is 165 Å². The molecular formula is C23H38N4. The molecule has 0 radical (unpaired) electrons. The number of rotatable bonds is 5. The fraction of sp³-hybridized carbons (Fsp3) is 0.739. The molecule has 150 valence electrons. The molecule has 4 nitrogen and oxygen atoms in total. The van der Waals surface area contributed by atoms with Gasteiger partial charge in [0.25, 0.3) is 0 Å². The van der Waals surface area contributed by atoms with Crippen molar-refractivity contribution in [3.8, 4) is 0 Å². The highest BCUT2D eigenvalue weighted by Crippen LogP contribution is 2.35. The SMILES string of the molecule is Cc1ccc(N2CCC(NCC3(N4CCN(C)CC4)CCCC3)CC2)cc1. The molecule has 3 fully saturated rings. The summed E-state index contributed by atoms with van der Waals surface area (Å²) in [4.78, 5) is 7.87. The van der Waals surface area contributed by atoms with E-state index in [1.807, 2.05) is 0 Å². The van der Waals surface area contributed by atoms with Gasteiger partial charge in [-0.15, -0.1) is 0 Å². The lowest BCUT2D eigenvalue weighted by Gasteiger charge is -2.46. The smallest absolute Gasteiger partial charge is 0.0366 e. The Morgan fingerprint density at radius 3 is 2.19 bits per heavy atom. The number of benzene rings is 1. The van der Waals surface area contributed by atoms with Crippen molar-refractivity contribution in [2.45, 2.75) is 57.0 Å². The van der Waals surface area contributed by atoms with Crippen molar-refractivity contribution in [1.29, 1.82) is 0 Å². The van der Waals surface area contributed by atoms with Gasteiger partial charge >= 0.3 is 0 Å². The van der Waals surface area contributed by atoms with Gasteiger partial charge in [0.1, 0.15) is 0 Å². The molecule has 0 atom stereocenters. The minimum atomic E-state index is 0.440. The summed E-state index contributed by atoms with van der Waals surface area (Å²) in [5.74, 6) is 0. The molecule has 1 aromatic carbocycles. The van der Waals surface area contributed by atoms with E-state index in [0.29, 0.717) is 11.6 Å². The molecule has 1 N–H and O–H groups in total. The highest BCUT2D eigenvalue weighted by atomic mass is 15.3. The van der Waals surface area contributed by atoms with Gasteiger partial charge in [-0.3, -0.25) is 4.90 Å². The first-order valence-electron chi connectivity index (χ1n) is 11.1. The monoisotopic (exact) mass is 370 g/mol. The van der Waals surface area contributed by atoms with Crippen LogP contribution in [0.3, 0.4) is 0 Å². The van der Waals surface area contributed by atoms with Crippen LogP contribution in [0.5, 0.6) is 0 Å². The Kier molecular flexibility index (Phi) is 6.05. The van der Waals surface area contributed by atoms with Crippen LogP contribution in [0, 0.1) is 6.92 Å². The van der Waals surface area contributed by atoms with Gasteiger partial charge in [-0.05, 0) is 51.8 Å². The third-order valence-corrected chi connectivity index (χ3v) is 7.32. The van der Waals surface area contributed by atoms with Crippen LogP contribution in [0.4, 0.5) is 5.69 Å². The number of aryl methyl sites for hydroxylation is 1. The first kappa shape index (κ1) is 19.2. The van der Waals surface area contributed by atoms with E-state index in [1.54, 1.807) is 0 Å². The van der Waals surface area contributed by atoms with Crippen LogP contribution in [-0.2, 0) is 0 Å². The summed E-state index contributed by atoms with van der Waals surface area (Å²) in [7, 11) is 2.26. The maximum atomic E-state index is 4.01. The summed E-state index contributed by atoms with van der Waals surface area (Å²) in [6, 6.07) is 9.73. The molecule has 2 aliphatic heterocycles. The molecule has 0 spiro atoms. The van der Waals surface area contributed by atoms with Crippen molar-refractivity contribution >= 4 is 5.69 Å². The molecule has 1 aromatic rings. The molecule has 1 saturated carbocycles. The van der Waals surface area contributed by atoms with Gasteiger partial charge in [0, 0.05) is 63.1 Å². The fourth-order valence-electron chi connectivity index (χ4n) is 5.35. The minimum absolute atomic E-state index is 0.440. The van der Waals surface area contributed by atoms with Crippen molar-refractivity contribution < 1.29 is 0 Å². The molecule has 4 heteroatoms. The molecule has 0 unspecified atom stereocenters. The number of nitrogens with one attached hydrogen (secondary N) is 1. The van der Waals surface area contributed by atoms with Gasteiger partial charge < -0.3 is 15.1 Å².